The molecular weight excluding hydrogens is 303 g/mol. The van der Waals surface area contributed by atoms with Gasteiger partial charge in [0.2, 0.25) is 10.0 Å². The maximum absolute atomic E-state index is 12.8. The highest BCUT2D eigenvalue weighted by Crippen LogP contribution is 2.15. The van der Waals surface area contributed by atoms with Crippen molar-refractivity contribution in [1.82, 2.24) is 9.71 Å². The van der Waals surface area contributed by atoms with Crippen molar-refractivity contribution in [2.24, 2.45) is 0 Å². The SMILES string of the molecule is CS(=O)(=O)NC(=O)c1csc(Cc2ccc(F)cc2)n1. The van der Waals surface area contributed by atoms with E-state index >= 15 is 0 Å². The summed E-state index contributed by atoms with van der Waals surface area (Å²) in [7, 11) is -3.60. The van der Waals surface area contributed by atoms with Crippen molar-refractivity contribution in [2.75, 3.05) is 6.26 Å². The maximum atomic E-state index is 12.8. The van der Waals surface area contributed by atoms with Gasteiger partial charge in [-0.05, 0) is 17.7 Å². The number of amides is 1. The van der Waals surface area contributed by atoms with Gasteiger partial charge in [0.15, 0.2) is 0 Å². The zero-order valence-corrected chi connectivity index (χ0v) is 12.1. The van der Waals surface area contributed by atoms with Crippen molar-refractivity contribution < 1.29 is 17.6 Å². The molecule has 0 fully saturated rings. The average molecular weight is 314 g/mol. The molecule has 0 bridgehead atoms. The Morgan fingerprint density at radius 2 is 2.00 bits per heavy atom. The molecule has 0 aliphatic rings. The Balaban J connectivity index is 2.09. The smallest absolute Gasteiger partial charge is 0.266 e. The number of carbonyl (C=O) groups excluding carboxylic acids is 1. The highest BCUT2D eigenvalue weighted by atomic mass is 32.2. The summed E-state index contributed by atoms with van der Waals surface area (Å²) in [5, 5.41) is 2.13. The predicted molar refractivity (Wildman–Crippen MR) is 73.6 cm³/mol. The summed E-state index contributed by atoms with van der Waals surface area (Å²) in [4.78, 5) is 15.6. The van der Waals surface area contributed by atoms with Crippen LogP contribution in [0.25, 0.3) is 0 Å². The summed E-state index contributed by atoms with van der Waals surface area (Å²) in [5.74, 6) is -1.07. The van der Waals surface area contributed by atoms with Crippen LogP contribution in [0.4, 0.5) is 4.39 Å². The Kier molecular flexibility index (Phi) is 4.15. The zero-order valence-electron chi connectivity index (χ0n) is 10.5. The summed E-state index contributed by atoms with van der Waals surface area (Å²) in [6.45, 7) is 0. The van der Waals surface area contributed by atoms with Crippen LogP contribution in [0.5, 0.6) is 0 Å². The van der Waals surface area contributed by atoms with Crippen LogP contribution in [0.15, 0.2) is 29.6 Å². The summed E-state index contributed by atoms with van der Waals surface area (Å²) in [5.41, 5.74) is 0.911. The van der Waals surface area contributed by atoms with Crippen LogP contribution in [-0.2, 0) is 16.4 Å². The molecule has 5 nitrogen and oxygen atoms in total. The molecule has 2 rings (SSSR count). The topological polar surface area (TPSA) is 76.1 Å². The molecule has 0 aliphatic carbocycles. The second-order valence-corrected chi connectivity index (χ2v) is 6.82. The Bertz CT molecular complexity index is 723. The first-order valence-electron chi connectivity index (χ1n) is 5.54. The standard InChI is InChI=1S/C12H11FN2O3S2/c1-20(17,18)15-12(16)10-7-19-11(14-10)6-8-2-4-9(13)5-3-8/h2-5,7H,6H2,1H3,(H,15,16). The number of rotatable bonds is 4. The first-order valence-corrected chi connectivity index (χ1v) is 8.31. The fraction of sp³-hybridized carbons (Fsp3) is 0.167. The number of nitrogens with one attached hydrogen (secondary N) is 1. The normalized spacial score (nSPS) is 11.3. The molecule has 1 aromatic carbocycles. The number of hydrogen-bond acceptors (Lipinski definition) is 5. The lowest BCUT2D eigenvalue weighted by Crippen LogP contribution is -2.29. The average Bonchev–Trinajstić information content (AvgIpc) is 2.79. The largest absolute Gasteiger partial charge is 0.284 e. The molecule has 8 heteroatoms. The van der Waals surface area contributed by atoms with Crippen LogP contribution in [0.2, 0.25) is 0 Å². The molecule has 0 saturated heterocycles. The Hall–Kier alpha value is -1.80. The van der Waals surface area contributed by atoms with Crippen LogP contribution >= 0.6 is 11.3 Å². The lowest BCUT2D eigenvalue weighted by atomic mass is 10.1. The number of carbonyl (C=O) groups is 1. The molecule has 0 saturated carbocycles. The van der Waals surface area contributed by atoms with Gasteiger partial charge in [-0.3, -0.25) is 4.79 Å². The minimum Gasteiger partial charge on any atom is -0.266 e. The van der Waals surface area contributed by atoms with E-state index in [2.05, 4.69) is 4.98 Å². The quantitative estimate of drug-likeness (QED) is 0.929. The summed E-state index contributed by atoms with van der Waals surface area (Å²) >= 11 is 1.24. The molecule has 0 unspecified atom stereocenters. The molecule has 1 amide bonds. The minimum absolute atomic E-state index is 0.0533. The highest BCUT2D eigenvalue weighted by Gasteiger charge is 2.14. The van der Waals surface area contributed by atoms with E-state index in [0.29, 0.717) is 11.4 Å². The van der Waals surface area contributed by atoms with Gasteiger partial charge in [-0.15, -0.1) is 11.3 Å². The van der Waals surface area contributed by atoms with Crippen molar-refractivity contribution in [3.05, 3.63) is 51.7 Å². The van der Waals surface area contributed by atoms with E-state index < -0.39 is 15.9 Å². The van der Waals surface area contributed by atoms with Gasteiger partial charge >= 0.3 is 0 Å². The number of halogens is 1. The summed E-state index contributed by atoms with van der Waals surface area (Å²) in [6, 6.07) is 5.96. The molecule has 20 heavy (non-hydrogen) atoms. The second-order valence-electron chi connectivity index (χ2n) is 4.13. The Morgan fingerprint density at radius 1 is 1.35 bits per heavy atom. The number of thiazole rings is 1. The molecule has 0 atom stereocenters. The maximum Gasteiger partial charge on any atom is 0.284 e. The van der Waals surface area contributed by atoms with Gasteiger partial charge in [-0.25, -0.2) is 22.5 Å². The molecule has 1 aromatic heterocycles. The fourth-order valence-corrected chi connectivity index (χ4v) is 2.74. The van der Waals surface area contributed by atoms with Crippen LogP contribution < -0.4 is 4.72 Å². The first kappa shape index (κ1) is 14.6. The van der Waals surface area contributed by atoms with E-state index in [1.54, 1.807) is 12.1 Å². The van der Waals surface area contributed by atoms with Crippen molar-refractivity contribution in [3.8, 4) is 0 Å². The van der Waals surface area contributed by atoms with Crippen molar-refractivity contribution in [1.29, 1.82) is 0 Å². The van der Waals surface area contributed by atoms with Gasteiger partial charge in [-0.2, -0.15) is 0 Å². The lowest BCUT2D eigenvalue weighted by molar-refractivity contribution is 0.0977. The van der Waals surface area contributed by atoms with E-state index in [0.717, 1.165) is 11.8 Å². The molecular formula is C12H11FN2O3S2. The van der Waals surface area contributed by atoms with Gasteiger partial charge in [0, 0.05) is 11.8 Å². The first-order chi connectivity index (χ1) is 9.33. The van der Waals surface area contributed by atoms with Gasteiger partial charge in [0.1, 0.15) is 11.5 Å². The third-order valence-electron chi connectivity index (χ3n) is 2.33. The van der Waals surface area contributed by atoms with E-state index in [-0.39, 0.29) is 11.5 Å². The molecule has 1 heterocycles. The Labute approximate surface area is 119 Å². The summed E-state index contributed by atoms with van der Waals surface area (Å²) in [6.07, 6.45) is 1.35. The van der Waals surface area contributed by atoms with Crippen molar-refractivity contribution in [2.45, 2.75) is 6.42 Å². The van der Waals surface area contributed by atoms with E-state index in [4.69, 9.17) is 0 Å². The van der Waals surface area contributed by atoms with Crippen molar-refractivity contribution >= 4 is 27.3 Å². The van der Waals surface area contributed by atoms with Crippen LogP contribution in [-0.4, -0.2) is 25.6 Å². The van der Waals surface area contributed by atoms with Gasteiger partial charge in [0.25, 0.3) is 5.91 Å². The molecule has 2 aromatic rings. The lowest BCUT2D eigenvalue weighted by Gasteiger charge is -1.99. The third-order valence-corrected chi connectivity index (χ3v) is 3.74. The zero-order chi connectivity index (χ0) is 14.8. The third kappa shape index (κ3) is 4.10. The molecule has 0 radical (unpaired) electrons. The predicted octanol–water partition coefficient (Wildman–Crippen LogP) is 1.56. The number of aromatic nitrogens is 1. The van der Waals surface area contributed by atoms with E-state index in [1.165, 1.54) is 28.8 Å². The van der Waals surface area contributed by atoms with Gasteiger partial charge in [-0.1, -0.05) is 12.1 Å². The number of hydrogen-bond donors (Lipinski definition) is 1. The second kappa shape index (κ2) is 5.68. The summed E-state index contributed by atoms with van der Waals surface area (Å²) < 4.78 is 36.5. The molecule has 0 spiro atoms. The molecule has 106 valence electrons. The number of sulfonamides is 1. The molecule has 1 N–H and O–H groups in total. The van der Waals surface area contributed by atoms with Crippen LogP contribution in [0.3, 0.4) is 0 Å². The number of nitrogens with zero attached hydrogens (tertiary/aromatic N) is 1. The minimum atomic E-state index is -3.60. The van der Waals surface area contributed by atoms with Crippen LogP contribution in [0.1, 0.15) is 21.1 Å². The monoisotopic (exact) mass is 314 g/mol. The number of benzene rings is 1. The van der Waals surface area contributed by atoms with Gasteiger partial charge in [0.05, 0.1) is 11.3 Å². The Morgan fingerprint density at radius 3 is 2.60 bits per heavy atom. The van der Waals surface area contributed by atoms with Crippen LogP contribution in [0, 0.1) is 5.82 Å². The fourth-order valence-electron chi connectivity index (χ4n) is 1.49. The van der Waals surface area contributed by atoms with Crippen molar-refractivity contribution in [3.63, 3.8) is 0 Å². The van der Waals surface area contributed by atoms with E-state index in [9.17, 15) is 17.6 Å². The molecule has 0 aliphatic heterocycles. The highest BCUT2D eigenvalue weighted by molar-refractivity contribution is 7.89. The van der Waals surface area contributed by atoms with Gasteiger partial charge < -0.3 is 0 Å². The van der Waals surface area contributed by atoms with E-state index in [1.807, 2.05) is 4.72 Å².